The maximum atomic E-state index is 11.9. The molecule has 17 nitrogen and oxygen atoms in total. The maximum absolute atomic E-state index is 11.9. The van der Waals surface area contributed by atoms with E-state index in [0.29, 0.717) is 207 Å². The smallest absolute Gasteiger partial charge is 0.407 e. The van der Waals surface area contributed by atoms with E-state index in [4.69, 9.17) is 61.6 Å². The number of ether oxygens (including phenoxy) is 13. The third-order valence-electron chi connectivity index (χ3n) is 11.2. The molecule has 2 saturated carbocycles. The summed E-state index contributed by atoms with van der Waals surface area (Å²) in [5, 5.41) is 5.48. The minimum Gasteiger partial charge on any atom is -0.449 e. The van der Waals surface area contributed by atoms with Crippen molar-refractivity contribution in [1.82, 2.24) is 10.6 Å². The van der Waals surface area contributed by atoms with Gasteiger partial charge >= 0.3 is 12.2 Å². The van der Waals surface area contributed by atoms with Crippen LogP contribution in [0.4, 0.5) is 9.59 Å². The first kappa shape index (κ1) is 52.8. The van der Waals surface area contributed by atoms with Crippen molar-refractivity contribution in [2.75, 3.05) is 172 Å². The lowest BCUT2D eigenvalue weighted by molar-refractivity contribution is -0.0274. The van der Waals surface area contributed by atoms with E-state index in [2.05, 4.69) is 34.3 Å². The summed E-state index contributed by atoms with van der Waals surface area (Å²) in [5.74, 6) is 16.5. The Kier molecular flexibility index (Phi) is 30.6. The maximum Gasteiger partial charge on any atom is 0.407 e. The molecule has 360 valence electrons. The van der Waals surface area contributed by atoms with Gasteiger partial charge in [0.05, 0.1) is 159 Å². The highest BCUT2D eigenvalue weighted by molar-refractivity contribution is 5.67. The predicted octanol–water partition coefficient (Wildman–Crippen LogP) is 3.50. The first-order valence-corrected chi connectivity index (χ1v) is 23.3. The summed E-state index contributed by atoms with van der Waals surface area (Å²) in [4.78, 5) is 23.9. The molecule has 0 aliphatic heterocycles. The van der Waals surface area contributed by atoms with Gasteiger partial charge in [0.2, 0.25) is 0 Å². The summed E-state index contributed by atoms with van der Waals surface area (Å²) in [6.45, 7) is 12.1. The van der Waals surface area contributed by atoms with Gasteiger partial charge in [-0.2, -0.15) is 0 Å². The number of fused-ring (bicyclic) bond motifs is 2. The van der Waals surface area contributed by atoms with E-state index in [9.17, 15) is 9.59 Å². The summed E-state index contributed by atoms with van der Waals surface area (Å²) in [7, 11) is 0. The van der Waals surface area contributed by atoms with Gasteiger partial charge in [0.1, 0.15) is 0 Å². The average Bonchev–Trinajstić information content (AvgIpc) is 4.14. The Labute approximate surface area is 375 Å². The zero-order chi connectivity index (χ0) is 44.1. The van der Waals surface area contributed by atoms with Crippen LogP contribution in [-0.2, 0) is 61.6 Å². The van der Waals surface area contributed by atoms with E-state index in [1.54, 1.807) is 0 Å². The fraction of sp³-hybridized carbons (Fsp3) is 0.870. The molecule has 2 amide bonds. The van der Waals surface area contributed by atoms with Gasteiger partial charge in [0.25, 0.3) is 0 Å². The number of carbonyl (C=O) groups is 2. The molecule has 0 aromatic carbocycles. The number of alkyl carbamates (subject to hydrolysis) is 2. The lowest BCUT2D eigenvalue weighted by Crippen LogP contribution is -2.29. The summed E-state index contributed by atoms with van der Waals surface area (Å²) >= 11 is 0. The van der Waals surface area contributed by atoms with Gasteiger partial charge in [-0.3, -0.25) is 0 Å². The van der Waals surface area contributed by atoms with E-state index in [-0.39, 0.29) is 12.2 Å². The molecule has 0 aromatic rings. The van der Waals surface area contributed by atoms with Crippen molar-refractivity contribution in [1.29, 1.82) is 0 Å². The van der Waals surface area contributed by atoms with Crippen molar-refractivity contribution in [2.45, 2.75) is 51.4 Å². The van der Waals surface area contributed by atoms with E-state index < -0.39 is 0 Å². The molecule has 4 aliphatic carbocycles. The minimum absolute atomic E-state index is 0.383. The highest BCUT2D eigenvalue weighted by Gasteiger charge is 2.50. The highest BCUT2D eigenvalue weighted by atomic mass is 16.6. The van der Waals surface area contributed by atoms with Crippen molar-refractivity contribution >= 4 is 12.2 Å². The van der Waals surface area contributed by atoms with Crippen molar-refractivity contribution in [2.24, 2.45) is 35.5 Å². The number of hydrogen-bond acceptors (Lipinski definition) is 15. The first-order valence-electron chi connectivity index (χ1n) is 23.3. The van der Waals surface area contributed by atoms with Gasteiger partial charge < -0.3 is 72.2 Å². The molecule has 4 aliphatic rings. The normalized spacial score (nSPS) is 22.0. The number of hydrogen-bond donors (Lipinski definition) is 2. The molecule has 2 fully saturated rings. The number of rotatable bonds is 40. The van der Waals surface area contributed by atoms with E-state index in [0.717, 1.165) is 51.4 Å². The van der Waals surface area contributed by atoms with Crippen LogP contribution in [0.2, 0.25) is 0 Å². The van der Waals surface area contributed by atoms with Crippen molar-refractivity contribution in [3.63, 3.8) is 0 Å². The standard InChI is InChI=1S/C46H76N2O15/c49-45(62-37-43-39-9-5-1-2-6-10-40(39)43)47-13-15-51-17-19-53-21-23-55-25-27-57-29-31-59-33-35-61-36-34-60-32-30-58-28-26-56-24-22-54-20-18-52-16-14-48-46(50)63-38-44-41-11-7-3-4-8-12-42(41)44/h39-44H,5-38H2,(H,47,49)(H,48,50)/t39-,40+,41-,42+,43?,44?. The molecule has 17 heteroatoms. The van der Waals surface area contributed by atoms with Gasteiger partial charge in [-0.25, -0.2) is 9.59 Å². The third kappa shape index (κ3) is 26.7. The molecule has 0 radical (unpaired) electrons. The molecule has 0 heterocycles. The SMILES string of the molecule is O=C(NCCOCCOCCOCCOCCOCCOCCOCCOCCOCCOCCOCCNC(=O)OCC1[C@H]2CCC#CCC[C@@H]12)OCC1[C@H]2CCC#CCC[C@@H]12. The number of nitrogens with one attached hydrogen (secondary N) is 2. The molecule has 4 rings (SSSR count). The lowest BCUT2D eigenvalue weighted by Gasteiger charge is -2.09. The Morgan fingerprint density at radius 1 is 0.333 bits per heavy atom. The fourth-order valence-corrected chi connectivity index (χ4v) is 7.76. The molecule has 0 saturated heterocycles. The second kappa shape index (κ2) is 36.4. The second-order valence-electron chi connectivity index (χ2n) is 15.6. The number of amides is 2. The molecular weight excluding hydrogens is 821 g/mol. The van der Waals surface area contributed by atoms with Crippen LogP contribution in [0.3, 0.4) is 0 Å². The molecule has 2 unspecified atom stereocenters. The van der Waals surface area contributed by atoms with Crippen LogP contribution in [0.1, 0.15) is 51.4 Å². The van der Waals surface area contributed by atoms with Gasteiger partial charge in [0.15, 0.2) is 0 Å². The highest BCUT2D eigenvalue weighted by Crippen LogP contribution is 2.53. The fourth-order valence-electron chi connectivity index (χ4n) is 7.76. The van der Waals surface area contributed by atoms with E-state index in [1.165, 1.54) is 0 Å². The Bertz CT molecular complexity index is 1170. The average molecular weight is 897 g/mol. The minimum atomic E-state index is -0.383. The van der Waals surface area contributed by atoms with Crippen molar-refractivity contribution in [3.8, 4) is 23.7 Å². The van der Waals surface area contributed by atoms with E-state index in [1.807, 2.05) is 0 Å². The van der Waals surface area contributed by atoms with Gasteiger partial charge in [-0.1, -0.05) is 0 Å². The second-order valence-corrected chi connectivity index (χ2v) is 15.6. The van der Waals surface area contributed by atoms with Crippen LogP contribution in [0.15, 0.2) is 0 Å². The molecule has 6 atom stereocenters. The Morgan fingerprint density at radius 2 is 0.540 bits per heavy atom. The summed E-state index contributed by atoms with van der Waals surface area (Å²) in [6, 6.07) is 0. The predicted molar refractivity (Wildman–Crippen MR) is 231 cm³/mol. The van der Waals surface area contributed by atoms with E-state index >= 15 is 0 Å². The van der Waals surface area contributed by atoms with Crippen LogP contribution >= 0.6 is 0 Å². The van der Waals surface area contributed by atoms with Gasteiger partial charge in [-0.15, -0.1) is 23.7 Å². The summed E-state index contributed by atoms with van der Waals surface area (Å²) in [6.07, 6.45) is 7.56. The topological polar surface area (TPSA) is 178 Å². The molecule has 0 bridgehead atoms. The van der Waals surface area contributed by atoms with Crippen molar-refractivity contribution in [3.05, 3.63) is 0 Å². The molecule has 2 N–H and O–H groups in total. The quantitative estimate of drug-likeness (QED) is 0.0675. The van der Waals surface area contributed by atoms with Crippen LogP contribution in [0.25, 0.3) is 0 Å². The van der Waals surface area contributed by atoms with Crippen molar-refractivity contribution < 1.29 is 71.2 Å². The van der Waals surface area contributed by atoms with Crippen LogP contribution in [0.5, 0.6) is 0 Å². The third-order valence-corrected chi connectivity index (χ3v) is 11.2. The van der Waals surface area contributed by atoms with Crippen LogP contribution in [-0.4, -0.2) is 184 Å². The molecular formula is C46H76N2O15. The summed E-state index contributed by atoms with van der Waals surface area (Å²) in [5.41, 5.74) is 0. The monoisotopic (exact) mass is 897 g/mol. The summed E-state index contributed by atoms with van der Waals surface area (Å²) < 4.78 is 71.4. The first-order chi connectivity index (χ1) is 31.2. The van der Waals surface area contributed by atoms with Gasteiger partial charge in [0, 0.05) is 38.8 Å². The Hall–Kier alpha value is -2.78. The molecule has 0 aromatic heterocycles. The zero-order valence-electron chi connectivity index (χ0n) is 37.6. The van der Waals surface area contributed by atoms with Crippen LogP contribution < -0.4 is 10.6 Å². The molecule has 63 heavy (non-hydrogen) atoms. The largest absolute Gasteiger partial charge is 0.449 e. The molecule has 0 spiro atoms. The van der Waals surface area contributed by atoms with Gasteiger partial charge in [-0.05, 0) is 61.2 Å². The lowest BCUT2D eigenvalue weighted by atomic mass is 10.1. The Morgan fingerprint density at radius 3 is 0.762 bits per heavy atom. The zero-order valence-corrected chi connectivity index (χ0v) is 37.6. The van der Waals surface area contributed by atoms with Crippen LogP contribution in [0, 0.1) is 59.2 Å². The Balaban J connectivity index is 0.729. The number of carbonyl (C=O) groups excluding carboxylic acids is 2.